The van der Waals surface area contributed by atoms with Crippen LogP contribution in [0.2, 0.25) is 0 Å². The second-order valence-corrected chi connectivity index (χ2v) is 6.52. The fourth-order valence-corrected chi connectivity index (χ4v) is 3.19. The van der Waals surface area contributed by atoms with E-state index in [-0.39, 0.29) is 12.7 Å². The van der Waals surface area contributed by atoms with E-state index in [0.717, 1.165) is 35.6 Å². The van der Waals surface area contributed by atoms with Gasteiger partial charge in [-0.15, -0.1) is 0 Å². The highest BCUT2D eigenvalue weighted by atomic mass is 16.7. The first kappa shape index (κ1) is 16.5. The molecule has 4 rings (SSSR count). The zero-order chi connectivity index (χ0) is 17.8. The number of hydrogen-bond acceptors (Lipinski definition) is 4. The van der Waals surface area contributed by atoms with Crippen LogP contribution in [0.1, 0.15) is 24.8 Å². The molecule has 0 bridgehead atoms. The van der Waals surface area contributed by atoms with Crippen molar-refractivity contribution in [2.45, 2.75) is 25.9 Å². The van der Waals surface area contributed by atoms with Crippen LogP contribution in [0.4, 0.5) is 5.69 Å². The summed E-state index contributed by atoms with van der Waals surface area (Å²) in [6.07, 6.45) is 6.96. The molecule has 5 heteroatoms. The minimum absolute atomic E-state index is 0.0513. The summed E-state index contributed by atoms with van der Waals surface area (Å²) in [5.74, 6) is 2.57. The van der Waals surface area contributed by atoms with Gasteiger partial charge in [0.2, 0.25) is 12.7 Å². The molecule has 5 nitrogen and oxygen atoms in total. The van der Waals surface area contributed by atoms with Crippen LogP contribution in [0.3, 0.4) is 0 Å². The Morgan fingerprint density at radius 1 is 1.15 bits per heavy atom. The summed E-state index contributed by atoms with van der Waals surface area (Å²) in [6, 6.07) is 13.2. The lowest BCUT2D eigenvalue weighted by Gasteiger charge is -2.11. The lowest BCUT2D eigenvalue weighted by molar-refractivity contribution is -0.116. The summed E-state index contributed by atoms with van der Waals surface area (Å²) in [5.41, 5.74) is 1.78. The molecule has 1 N–H and O–H groups in total. The molecule has 0 saturated carbocycles. The van der Waals surface area contributed by atoms with Crippen molar-refractivity contribution >= 4 is 11.6 Å². The second kappa shape index (κ2) is 7.52. The second-order valence-electron chi connectivity index (χ2n) is 6.52. The predicted octanol–water partition coefficient (Wildman–Crippen LogP) is 4.29. The standard InChI is InChI=1S/C21H21NO4/c23-21(11-15-4-1-2-5-15)22-17-7-3-6-16(10-17)13-24-18-8-9-19-20(12-18)26-14-25-19/h1,3-4,6-10,12,15H,2,5,11,13-14H2,(H,22,23). The first-order chi connectivity index (χ1) is 12.8. The molecule has 2 aliphatic rings. The van der Waals surface area contributed by atoms with Crippen LogP contribution >= 0.6 is 0 Å². The van der Waals surface area contributed by atoms with E-state index in [1.54, 1.807) is 0 Å². The van der Waals surface area contributed by atoms with Crippen LogP contribution in [-0.2, 0) is 11.4 Å². The number of fused-ring (bicyclic) bond motifs is 1. The number of rotatable bonds is 6. The average molecular weight is 351 g/mol. The SMILES string of the molecule is O=C(CC1C=CCC1)Nc1cccc(COc2ccc3c(c2)OCO3)c1. The quantitative estimate of drug-likeness (QED) is 0.789. The van der Waals surface area contributed by atoms with Crippen LogP contribution in [-0.4, -0.2) is 12.7 Å². The Morgan fingerprint density at radius 2 is 2.08 bits per heavy atom. The van der Waals surface area contributed by atoms with Crippen molar-refractivity contribution in [3.8, 4) is 17.2 Å². The fraction of sp³-hybridized carbons (Fsp3) is 0.286. The molecule has 2 aromatic rings. The number of allylic oxidation sites excluding steroid dienone is 2. The zero-order valence-corrected chi connectivity index (χ0v) is 14.4. The number of benzene rings is 2. The van der Waals surface area contributed by atoms with Gasteiger partial charge in [0, 0.05) is 18.2 Å². The molecule has 1 heterocycles. The predicted molar refractivity (Wildman–Crippen MR) is 98.4 cm³/mol. The third-order valence-corrected chi connectivity index (χ3v) is 4.52. The first-order valence-corrected chi connectivity index (χ1v) is 8.84. The number of amides is 1. The van der Waals surface area contributed by atoms with Crippen molar-refractivity contribution in [1.29, 1.82) is 0 Å². The Hall–Kier alpha value is -2.95. The molecule has 0 saturated heterocycles. The Morgan fingerprint density at radius 3 is 2.96 bits per heavy atom. The van der Waals surface area contributed by atoms with Crippen molar-refractivity contribution in [2.24, 2.45) is 5.92 Å². The van der Waals surface area contributed by atoms with Gasteiger partial charge in [0.15, 0.2) is 11.5 Å². The van der Waals surface area contributed by atoms with Gasteiger partial charge in [-0.25, -0.2) is 0 Å². The maximum absolute atomic E-state index is 12.2. The summed E-state index contributed by atoms with van der Waals surface area (Å²) in [4.78, 5) is 12.2. The Bertz CT molecular complexity index is 831. The maximum Gasteiger partial charge on any atom is 0.231 e. The molecule has 1 aliphatic carbocycles. The molecule has 0 spiro atoms. The normalized spacial score (nSPS) is 17.3. The van der Waals surface area contributed by atoms with E-state index in [2.05, 4.69) is 17.5 Å². The lowest BCUT2D eigenvalue weighted by Crippen LogP contribution is -2.14. The van der Waals surface area contributed by atoms with Crippen LogP contribution in [0.5, 0.6) is 17.2 Å². The summed E-state index contributed by atoms with van der Waals surface area (Å²) in [5, 5.41) is 2.98. The van der Waals surface area contributed by atoms with Crippen LogP contribution in [0, 0.1) is 5.92 Å². The van der Waals surface area contributed by atoms with Gasteiger partial charge < -0.3 is 19.5 Å². The van der Waals surface area contributed by atoms with Crippen LogP contribution in [0.25, 0.3) is 0 Å². The van der Waals surface area contributed by atoms with Crippen molar-refractivity contribution in [3.63, 3.8) is 0 Å². The van der Waals surface area contributed by atoms with E-state index < -0.39 is 0 Å². The van der Waals surface area contributed by atoms with Gasteiger partial charge in [0.1, 0.15) is 12.4 Å². The molecule has 26 heavy (non-hydrogen) atoms. The minimum atomic E-state index is 0.0513. The van der Waals surface area contributed by atoms with Crippen molar-refractivity contribution < 1.29 is 19.0 Å². The molecule has 0 aromatic heterocycles. The van der Waals surface area contributed by atoms with Gasteiger partial charge in [-0.1, -0.05) is 24.3 Å². The first-order valence-electron chi connectivity index (χ1n) is 8.84. The van der Waals surface area contributed by atoms with Gasteiger partial charge in [0.25, 0.3) is 0 Å². The Balaban J connectivity index is 1.33. The van der Waals surface area contributed by atoms with E-state index in [4.69, 9.17) is 14.2 Å². The molecule has 1 unspecified atom stereocenters. The van der Waals surface area contributed by atoms with E-state index in [1.165, 1.54) is 0 Å². The van der Waals surface area contributed by atoms with E-state index in [1.807, 2.05) is 42.5 Å². The van der Waals surface area contributed by atoms with Crippen molar-refractivity contribution in [3.05, 3.63) is 60.2 Å². The molecule has 0 fully saturated rings. The monoisotopic (exact) mass is 351 g/mol. The minimum Gasteiger partial charge on any atom is -0.489 e. The molecular formula is C21H21NO4. The molecule has 1 amide bonds. The van der Waals surface area contributed by atoms with E-state index in [0.29, 0.717) is 24.7 Å². The highest BCUT2D eigenvalue weighted by molar-refractivity contribution is 5.91. The Labute approximate surface area is 152 Å². The number of ether oxygens (including phenoxy) is 3. The van der Waals surface area contributed by atoms with E-state index >= 15 is 0 Å². The number of nitrogens with one attached hydrogen (secondary N) is 1. The molecule has 134 valence electrons. The third kappa shape index (κ3) is 3.99. The summed E-state index contributed by atoms with van der Waals surface area (Å²) in [6.45, 7) is 0.659. The average Bonchev–Trinajstić information content (AvgIpc) is 3.31. The van der Waals surface area contributed by atoms with Gasteiger partial charge in [-0.05, 0) is 48.6 Å². The maximum atomic E-state index is 12.2. The van der Waals surface area contributed by atoms with Crippen molar-refractivity contribution in [2.75, 3.05) is 12.1 Å². The molecule has 1 aliphatic heterocycles. The van der Waals surface area contributed by atoms with Crippen LogP contribution in [0.15, 0.2) is 54.6 Å². The molecule has 0 radical (unpaired) electrons. The summed E-state index contributed by atoms with van der Waals surface area (Å²) in [7, 11) is 0. The van der Waals surface area contributed by atoms with Gasteiger partial charge in [0.05, 0.1) is 0 Å². The fourth-order valence-electron chi connectivity index (χ4n) is 3.19. The third-order valence-electron chi connectivity index (χ3n) is 4.52. The highest BCUT2D eigenvalue weighted by Gasteiger charge is 2.15. The molecule has 1 atom stereocenters. The molecular weight excluding hydrogens is 330 g/mol. The number of carbonyl (C=O) groups is 1. The van der Waals surface area contributed by atoms with Crippen LogP contribution < -0.4 is 19.5 Å². The Kier molecular flexibility index (Phi) is 4.78. The highest BCUT2D eigenvalue weighted by Crippen LogP contribution is 2.35. The van der Waals surface area contributed by atoms with Gasteiger partial charge in [-0.2, -0.15) is 0 Å². The number of hydrogen-bond donors (Lipinski definition) is 1. The van der Waals surface area contributed by atoms with Gasteiger partial charge in [-0.3, -0.25) is 4.79 Å². The topological polar surface area (TPSA) is 56.8 Å². The lowest BCUT2D eigenvalue weighted by atomic mass is 10.0. The summed E-state index contributed by atoms with van der Waals surface area (Å²) >= 11 is 0. The number of carbonyl (C=O) groups excluding carboxylic acids is 1. The number of anilines is 1. The molecule has 2 aromatic carbocycles. The van der Waals surface area contributed by atoms with Gasteiger partial charge >= 0.3 is 0 Å². The smallest absolute Gasteiger partial charge is 0.231 e. The summed E-state index contributed by atoms with van der Waals surface area (Å²) < 4.78 is 16.5. The van der Waals surface area contributed by atoms with E-state index in [9.17, 15) is 4.79 Å². The largest absolute Gasteiger partial charge is 0.489 e. The van der Waals surface area contributed by atoms with Crippen molar-refractivity contribution in [1.82, 2.24) is 0 Å². The zero-order valence-electron chi connectivity index (χ0n) is 14.4.